The fourth-order valence-electron chi connectivity index (χ4n) is 4.10. The van der Waals surface area contributed by atoms with E-state index in [-0.39, 0.29) is 29.7 Å². The largest absolute Gasteiger partial charge is 0.379 e. The molecule has 0 bridgehead atoms. The standard InChI is InChI=1S/C22H27N7O4/c1-23-19-10-18(27-20-14(11-24-29(19)20)21(30)25-13-5-6-13)26-15-4-3-8-28(22(15)31)16-7-9-33-12-17(16)32-2/h3-4,8,10-11,13,16-17,23H,5-7,9,12H2,1-2H3,(H,25,30)(H,26,27)/t16-,17+/m0/s1. The molecule has 2 fully saturated rings. The van der Waals surface area contributed by atoms with Gasteiger partial charge in [0.15, 0.2) is 5.65 Å². The molecule has 3 N–H and O–H groups in total. The summed E-state index contributed by atoms with van der Waals surface area (Å²) >= 11 is 0. The fraction of sp³-hybridized carbons (Fsp3) is 0.455. The fourth-order valence-corrected chi connectivity index (χ4v) is 4.10. The molecule has 2 aliphatic rings. The molecule has 11 heteroatoms. The van der Waals surface area contributed by atoms with Crippen molar-refractivity contribution in [2.24, 2.45) is 0 Å². The SMILES string of the molecule is CNc1cc(Nc2cccn([C@H]3CCOC[C@H]3OC)c2=O)nc2c(C(=O)NC3CC3)cnn12. The molecule has 33 heavy (non-hydrogen) atoms. The van der Waals surface area contributed by atoms with Gasteiger partial charge in [0.1, 0.15) is 29.0 Å². The summed E-state index contributed by atoms with van der Waals surface area (Å²) < 4.78 is 14.3. The normalized spacial score (nSPS) is 20.5. The van der Waals surface area contributed by atoms with Gasteiger partial charge in [0.2, 0.25) is 0 Å². The van der Waals surface area contributed by atoms with Crippen LogP contribution in [0.4, 0.5) is 17.3 Å². The van der Waals surface area contributed by atoms with Gasteiger partial charge in [0, 0.05) is 39.1 Å². The summed E-state index contributed by atoms with van der Waals surface area (Å²) in [7, 11) is 3.39. The first-order chi connectivity index (χ1) is 16.1. The Morgan fingerprint density at radius 2 is 2.15 bits per heavy atom. The molecule has 0 spiro atoms. The molecule has 3 aromatic heterocycles. The molecule has 2 atom stereocenters. The second kappa shape index (κ2) is 8.83. The lowest BCUT2D eigenvalue weighted by Gasteiger charge is -2.32. The van der Waals surface area contributed by atoms with Gasteiger partial charge in [0.05, 0.1) is 18.8 Å². The van der Waals surface area contributed by atoms with Crippen molar-refractivity contribution in [3.8, 4) is 0 Å². The number of amides is 1. The van der Waals surface area contributed by atoms with E-state index in [1.165, 1.54) is 6.20 Å². The summed E-state index contributed by atoms with van der Waals surface area (Å²) in [6.07, 6.45) is 5.75. The lowest BCUT2D eigenvalue weighted by Crippen LogP contribution is -2.40. The molecule has 11 nitrogen and oxygen atoms in total. The van der Waals surface area contributed by atoms with Crippen LogP contribution in [0.2, 0.25) is 0 Å². The Kier molecular flexibility index (Phi) is 5.73. The summed E-state index contributed by atoms with van der Waals surface area (Å²) in [6.45, 7) is 1.02. The van der Waals surface area contributed by atoms with Crippen LogP contribution in [-0.2, 0) is 9.47 Å². The zero-order valence-corrected chi connectivity index (χ0v) is 18.6. The molecule has 174 valence electrons. The van der Waals surface area contributed by atoms with E-state index in [2.05, 4.69) is 26.0 Å². The van der Waals surface area contributed by atoms with E-state index < -0.39 is 0 Å². The number of carbonyl (C=O) groups is 1. The van der Waals surface area contributed by atoms with Crippen molar-refractivity contribution in [2.45, 2.75) is 37.5 Å². The monoisotopic (exact) mass is 453 g/mol. The third-order valence-corrected chi connectivity index (χ3v) is 6.05. The minimum absolute atomic E-state index is 0.117. The van der Waals surface area contributed by atoms with E-state index in [4.69, 9.17) is 9.47 Å². The molecule has 3 aromatic rings. The number of methoxy groups -OCH3 is 1. The van der Waals surface area contributed by atoms with Crippen LogP contribution in [-0.4, -0.2) is 64.6 Å². The zero-order chi connectivity index (χ0) is 22.9. The molecule has 0 unspecified atom stereocenters. The van der Waals surface area contributed by atoms with Crippen molar-refractivity contribution in [3.63, 3.8) is 0 Å². The highest BCUT2D eigenvalue weighted by atomic mass is 16.5. The Bertz CT molecular complexity index is 1230. The number of fused-ring (bicyclic) bond motifs is 1. The van der Waals surface area contributed by atoms with Crippen LogP contribution in [0.5, 0.6) is 0 Å². The number of rotatable bonds is 7. The maximum Gasteiger partial charge on any atom is 0.274 e. The minimum Gasteiger partial charge on any atom is -0.379 e. The highest BCUT2D eigenvalue weighted by Crippen LogP contribution is 2.25. The van der Waals surface area contributed by atoms with Crippen molar-refractivity contribution < 1.29 is 14.3 Å². The molecule has 1 saturated heterocycles. The third-order valence-electron chi connectivity index (χ3n) is 6.05. The summed E-state index contributed by atoms with van der Waals surface area (Å²) in [6, 6.07) is 5.38. The van der Waals surface area contributed by atoms with Gasteiger partial charge in [0.25, 0.3) is 11.5 Å². The Labute approximate surface area is 190 Å². The van der Waals surface area contributed by atoms with Crippen molar-refractivity contribution in [1.82, 2.24) is 24.5 Å². The summed E-state index contributed by atoms with van der Waals surface area (Å²) in [5.74, 6) is 0.859. The number of hydrogen-bond donors (Lipinski definition) is 3. The average Bonchev–Trinajstić information content (AvgIpc) is 3.54. The van der Waals surface area contributed by atoms with Crippen LogP contribution in [0.25, 0.3) is 5.65 Å². The van der Waals surface area contributed by atoms with Crippen LogP contribution >= 0.6 is 0 Å². The van der Waals surface area contributed by atoms with Gasteiger partial charge in [-0.2, -0.15) is 9.61 Å². The Morgan fingerprint density at radius 1 is 1.30 bits per heavy atom. The first-order valence-electron chi connectivity index (χ1n) is 11.0. The van der Waals surface area contributed by atoms with Crippen molar-refractivity contribution in [2.75, 3.05) is 38.0 Å². The van der Waals surface area contributed by atoms with Gasteiger partial charge >= 0.3 is 0 Å². The minimum atomic E-state index is -0.202. The molecule has 4 heterocycles. The van der Waals surface area contributed by atoms with Crippen molar-refractivity contribution in [1.29, 1.82) is 0 Å². The van der Waals surface area contributed by atoms with E-state index in [1.54, 1.807) is 41.6 Å². The number of aromatic nitrogens is 4. The highest BCUT2D eigenvalue weighted by molar-refractivity contribution is 6.00. The Balaban J connectivity index is 1.49. The molecule has 1 aliphatic carbocycles. The quantitative estimate of drug-likeness (QED) is 0.492. The molecular weight excluding hydrogens is 426 g/mol. The van der Waals surface area contributed by atoms with Crippen molar-refractivity contribution in [3.05, 3.63) is 46.5 Å². The van der Waals surface area contributed by atoms with Gasteiger partial charge in [-0.3, -0.25) is 9.59 Å². The van der Waals surface area contributed by atoms with Crippen molar-refractivity contribution >= 4 is 28.9 Å². The third kappa shape index (κ3) is 4.16. The van der Waals surface area contributed by atoms with Crippen LogP contribution in [0.3, 0.4) is 0 Å². The van der Waals surface area contributed by atoms with E-state index in [0.717, 1.165) is 12.8 Å². The van der Waals surface area contributed by atoms with Gasteiger partial charge in [-0.1, -0.05) is 0 Å². The predicted octanol–water partition coefficient (Wildman–Crippen LogP) is 1.54. The number of hydrogen-bond acceptors (Lipinski definition) is 8. The molecule has 1 saturated carbocycles. The predicted molar refractivity (Wildman–Crippen MR) is 122 cm³/mol. The number of nitrogens with one attached hydrogen (secondary N) is 3. The number of nitrogens with zero attached hydrogens (tertiary/aromatic N) is 4. The number of pyridine rings is 1. The Morgan fingerprint density at radius 3 is 2.91 bits per heavy atom. The number of carbonyl (C=O) groups excluding carboxylic acids is 1. The maximum absolute atomic E-state index is 13.3. The van der Waals surface area contributed by atoms with E-state index >= 15 is 0 Å². The lowest BCUT2D eigenvalue weighted by atomic mass is 10.1. The van der Waals surface area contributed by atoms with E-state index in [0.29, 0.717) is 48.2 Å². The van der Waals surface area contributed by atoms with Crippen LogP contribution in [0.15, 0.2) is 35.4 Å². The van der Waals surface area contributed by atoms with Gasteiger partial charge in [-0.25, -0.2) is 4.98 Å². The van der Waals surface area contributed by atoms with Crippen LogP contribution in [0, 0.1) is 0 Å². The molecule has 0 aromatic carbocycles. The molecule has 0 radical (unpaired) electrons. The number of ether oxygens (including phenoxy) is 2. The van der Waals surface area contributed by atoms with Gasteiger partial charge < -0.3 is 30.0 Å². The smallest absolute Gasteiger partial charge is 0.274 e. The summed E-state index contributed by atoms with van der Waals surface area (Å²) in [5.41, 5.74) is 0.987. The zero-order valence-electron chi connectivity index (χ0n) is 18.6. The molecule has 5 rings (SSSR count). The lowest BCUT2D eigenvalue weighted by molar-refractivity contribution is -0.0609. The van der Waals surface area contributed by atoms with Gasteiger partial charge in [-0.15, -0.1) is 0 Å². The Hall–Kier alpha value is -3.44. The second-order valence-corrected chi connectivity index (χ2v) is 8.28. The number of anilines is 3. The summed E-state index contributed by atoms with van der Waals surface area (Å²) in [5, 5.41) is 13.5. The average molecular weight is 454 g/mol. The van der Waals surface area contributed by atoms with Crippen LogP contribution < -0.4 is 21.5 Å². The van der Waals surface area contributed by atoms with E-state index in [9.17, 15) is 9.59 Å². The van der Waals surface area contributed by atoms with Crippen LogP contribution in [0.1, 0.15) is 35.7 Å². The molecule has 1 amide bonds. The second-order valence-electron chi connectivity index (χ2n) is 8.28. The molecular formula is C22H27N7O4. The van der Waals surface area contributed by atoms with E-state index in [1.807, 2.05) is 6.07 Å². The maximum atomic E-state index is 13.3. The first kappa shape index (κ1) is 21.4. The highest BCUT2D eigenvalue weighted by Gasteiger charge is 2.29. The summed E-state index contributed by atoms with van der Waals surface area (Å²) in [4.78, 5) is 30.5. The van der Waals surface area contributed by atoms with Gasteiger partial charge in [-0.05, 0) is 31.4 Å². The topological polar surface area (TPSA) is 124 Å². The molecule has 1 aliphatic heterocycles. The first-order valence-corrected chi connectivity index (χ1v) is 11.0.